The van der Waals surface area contributed by atoms with Crippen molar-refractivity contribution in [2.24, 2.45) is 0 Å². The quantitative estimate of drug-likeness (QED) is 0.413. The first-order chi connectivity index (χ1) is 13.9. The first-order valence-corrected chi connectivity index (χ1v) is 10.5. The second-order valence-electron chi connectivity index (χ2n) is 6.22. The molecule has 0 aliphatic heterocycles. The Bertz CT molecular complexity index is 1020. The van der Waals surface area contributed by atoms with Crippen LogP contribution in [0.5, 0.6) is 0 Å². The van der Waals surface area contributed by atoms with Crippen LogP contribution in [0.3, 0.4) is 0 Å². The predicted molar refractivity (Wildman–Crippen MR) is 120 cm³/mol. The third-order valence-electron chi connectivity index (χ3n) is 4.00. The molecule has 0 bridgehead atoms. The third kappa shape index (κ3) is 7.37. The van der Waals surface area contributed by atoms with E-state index >= 15 is 0 Å². The van der Waals surface area contributed by atoms with Gasteiger partial charge in [-0.05, 0) is 35.8 Å². The van der Waals surface area contributed by atoms with E-state index in [2.05, 4.69) is 61.2 Å². The lowest BCUT2D eigenvalue weighted by molar-refractivity contribution is 0.483. The largest absolute Gasteiger partial charge is 0.294 e. The fourth-order valence-electron chi connectivity index (χ4n) is 2.54. The zero-order valence-electron chi connectivity index (χ0n) is 16.3. The molecule has 3 rings (SSSR count). The summed E-state index contributed by atoms with van der Waals surface area (Å²) < 4.78 is 29.6. The van der Waals surface area contributed by atoms with Crippen molar-refractivity contribution in [3.8, 4) is 0 Å². The second-order valence-corrected chi connectivity index (χ2v) is 7.64. The molecular formula is C25H24O3S. The van der Waals surface area contributed by atoms with E-state index in [0.717, 1.165) is 5.56 Å². The molecule has 0 unspecified atom stereocenters. The monoisotopic (exact) mass is 404 g/mol. The molecule has 0 fully saturated rings. The van der Waals surface area contributed by atoms with Crippen molar-refractivity contribution in [2.45, 2.75) is 11.8 Å². The number of rotatable bonds is 5. The van der Waals surface area contributed by atoms with Gasteiger partial charge in [-0.1, -0.05) is 109 Å². The molecule has 1 N–H and O–H groups in total. The Balaban J connectivity index is 0.000000234. The molecule has 0 amide bonds. The second kappa shape index (κ2) is 11.0. The van der Waals surface area contributed by atoms with Crippen molar-refractivity contribution in [1.82, 2.24) is 0 Å². The zero-order chi connectivity index (χ0) is 21.1. The van der Waals surface area contributed by atoms with Crippen molar-refractivity contribution in [3.05, 3.63) is 133 Å². The van der Waals surface area contributed by atoms with Gasteiger partial charge >= 0.3 is 0 Å². The summed E-state index contributed by atoms with van der Waals surface area (Å²) in [4.78, 5) is -0.0666. The topological polar surface area (TPSA) is 54.4 Å². The molecule has 3 aromatic carbocycles. The van der Waals surface area contributed by atoms with Gasteiger partial charge in [-0.3, -0.25) is 4.55 Å². The molecule has 0 saturated carbocycles. The van der Waals surface area contributed by atoms with Gasteiger partial charge in [-0.25, -0.2) is 0 Å². The summed E-state index contributed by atoms with van der Waals surface area (Å²) in [6, 6.07) is 26.8. The Kier molecular flexibility index (Phi) is 8.34. The standard InChI is InChI=1S/C18H16.C7H8O3S/c1-2-3-6-15-18(16-11-7-4-8-12-16)17-13-9-5-10-14-17;1-6-2-4-7(5-3-6)11(8,9)10/h2-15H,1H2;2-5H,1H3,(H,8,9,10)/b6-3+;. The van der Waals surface area contributed by atoms with E-state index in [1.165, 1.54) is 28.8 Å². The Morgan fingerprint density at radius 3 is 1.69 bits per heavy atom. The molecule has 29 heavy (non-hydrogen) atoms. The molecule has 0 radical (unpaired) electrons. The van der Waals surface area contributed by atoms with Gasteiger partial charge in [0.2, 0.25) is 0 Å². The summed E-state index contributed by atoms with van der Waals surface area (Å²) in [5, 5.41) is 0. The summed E-state index contributed by atoms with van der Waals surface area (Å²) in [6.07, 6.45) is 7.85. The Hall–Kier alpha value is -3.21. The molecule has 3 nitrogen and oxygen atoms in total. The lowest BCUT2D eigenvalue weighted by Crippen LogP contribution is -1.96. The molecule has 0 aliphatic rings. The van der Waals surface area contributed by atoms with E-state index in [0.29, 0.717) is 0 Å². The molecule has 0 spiro atoms. The molecule has 0 saturated heterocycles. The van der Waals surface area contributed by atoms with Gasteiger partial charge in [0, 0.05) is 0 Å². The first kappa shape index (κ1) is 22.1. The highest BCUT2D eigenvalue weighted by Gasteiger charge is 2.06. The van der Waals surface area contributed by atoms with Crippen LogP contribution in [0, 0.1) is 6.92 Å². The Morgan fingerprint density at radius 1 is 0.793 bits per heavy atom. The molecule has 0 heterocycles. The maximum atomic E-state index is 10.5. The summed E-state index contributed by atoms with van der Waals surface area (Å²) in [5.74, 6) is 0. The summed E-state index contributed by atoms with van der Waals surface area (Å²) in [6.45, 7) is 5.53. The molecule has 148 valence electrons. The minimum atomic E-state index is -4.02. The van der Waals surface area contributed by atoms with Crippen LogP contribution in [0.25, 0.3) is 5.57 Å². The summed E-state index contributed by atoms with van der Waals surface area (Å²) in [5.41, 5.74) is 4.61. The molecule has 0 atom stereocenters. The highest BCUT2D eigenvalue weighted by molar-refractivity contribution is 7.85. The highest BCUT2D eigenvalue weighted by atomic mass is 32.2. The van der Waals surface area contributed by atoms with Gasteiger partial charge in [0.1, 0.15) is 0 Å². The van der Waals surface area contributed by atoms with Crippen LogP contribution >= 0.6 is 0 Å². The van der Waals surface area contributed by atoms with Gasteiger partial charge in [0.25, 0.3) is 10.1 Å². The van der Waals surface area contributed by atoms with Gasteiger partial charge in [-0.2, -0.15) is 8.42 Å². The minimum absolute atomic E-state index is 0.0666. The van der Waals surface area contributed by atoms with Crippen LogP contribution in [0.1, 0.15) is 16.7 Å². The smallest absolute Gasteiger partial charge is 0.282 e. The lowest BCUT2D eigenvalue weighted by atomic mass is 9.97. The molecule has 3 aromatic rings. The zero-order valence-corrected chi connectivity index (χ0v) is 17.1. The normalized spacial score (nSPS) is 10.7. The third-order valence-corrected chi connectivity index (χ3v) is 4.87. The van der Waals surface area contributed by atoms with E-state index < -0.39 is 10.1 Å². The highest BCUT2D eigenvalue weighted by Crippen LogP contribution is 2.23. The van der Waals surface area contributed by atoms with Crippen LogP contribution in [-0.4, -0.2) is 13.0 Å². The van der Waals surface area contributed by atoms with Crippen LogP contribution in [0.4, 0.5) is 0 Å². The van der Waals surface area contributed by atoms with E-state index in [1.54, 1.807) is 18.2 Å². The number of hydrogen-bond acceptors (Lipinski definition) is 2. The van der Waals surface area contributed by atoms with Crippen LogP contribution in [0.2, 0.25) is 0 Å². The van der Waals surface area contributed by atoms with Crippen molar-refractivity contribution in [1.29, 1.82) is 0 Å². The SMILES string of the molecule is C=C/C=C/C=C(c1ccccc1)c1ccccc1.Cc1ccc(S(=O)(=O)O)cc1. The fraction of sp³-hybridized carbons (Fsp3) is 0.0400. The van der Waals surface area contributed by atoms with Crippen molar-refractivity contribution in [3.63, 3.8) is 0 Å². The van der Waals surface area contributed by atoms with Gasteiger partial charge in [0.15, 0.2) is 0 Å². The van der Waals surface area contributed by atoms with Crippen molar-refractivity contribution < 1.29 is 13.0 Å². The number of benzene rings is 3. The molecule has 0 aliphatic carbocycles. The molecule has 4 heteroatoms. The number of hydrogen-bond donors (Lipinski definition) is 1. The van der Waals surface area contributed by atoms with E-state index in [9.17, 15) is 8.42 Å². The maximum absolute atomic E-state index is 10.5. The Labute approximate surface area is 173 Å². The van der Waals surface area contributed by atoms with E-state index in [4.69, 9.17) is 4.55 Å². The average molecular weight is 405 g/mol. The fourth-order valence-corrected chi connectivity index (χ4v) is 3.02. The van der Waals surface area contributed by atoms with Gasteiger partial charge in [-0.15, -0.1) is 0 Å². The van der Waals surface area contributed by atoms with Crippen LogP contribution < -0.4 is 0 Å². The minimum Gasteiger partial charge on any atom is -0.282 e. The molecule has 0 aromatic heterocycles. The van der Waals surface area contributed by atoms with Crippen molar-refractivity contribution in [2.75, 3.05) is 0 Å². The van der Waals surface area contributed by atoms with Gasteiger partial charge < -0.3 is 0 Å². The molecular weight excluding hydrogens is 380 g/mol. The number of allylic oxidation sites excluding steroid dienone is 4. The Morgan fingerprint density at radius 2 is 1.28 bits per heavy atom. The first-order valence-electron chi connectivity index (χ1n) is 9.06. The van der Waals surface area contributed by atoms with Crippen LogP contribution in [-0.2, 0) is 10.1 Å². The number of aryl methyl sites for hydroxylation is 1. The lowest BCUT2D eigenvalue weighted by Gasteiger charge is -2.07. The summed E-state index contributed by atoms with van der Waals surface area (Å²) in [7, 11) is -4.02. The van der Waals surface area contributed by atoms with Crippen molar-refractivity contribution >= 4 is 15.7 Å². The predicted octanol–water partition coefficient (Wildman–Crippen LogP) is 6.10. The summed E-state index contributed by atoms with van der Waals surface area (Å²) >= 11 is 0. The maximum Gasteiger partial charge on any atom is 0.294 e. The van der Waals surface area contributed by atoms with Crippen LogP contribution in [0.15, 0.2) is 121 Å². The van der Waals surface area contributed by atoms with Gasteiger partial charge in [0.05, 0.1) is 4.90 Å². The average Bonchev–Trinajstić information content (AvgIpc) is 2.73. The van der Waals surface area contributed by atoms with E-state index in [1.807, 2.05) is 31.2 Å². The van der Waals surface area contributed by atoms with E-state index in [-0.39, 0.29) is 4.90 Å².